The number of hydrogen-bond acceptors (Lipinski definition) is 5. The molecule has 0 aliphatic carbocycles. The molecule has 0 spiro atoms. The van der Waals surface area contributed by atoms with Crippen molar-refractivity contribution in [1.29, 1.82) is 0 Å². The second-order valence-electron chi connectivity index (χ2n) is 6.59. The molecule has 1 N–H and O–H groups in total. The summed E-state index contributed by atoms with van der Waals surface area (Å²) < 4.78 is 0. The van der Waals surface area contributed by atoms with Crippen molar-refractivity contribution in [3.05, 3.63) is 46.1 Å². The quantitative estimate of drug-likeness (QED) is 0.852. The molecular formula is C18H23Cl2N5. The summed E-state index contributed by atoms with van der Waals surface area (Å²) in [6, 6.07) is 8.00. The molecule has 3 rings (SSSR count). The van der Waals surface area contributed by atoms with E-state index in [1.54, 1.807) is 6.20 Å². The van der Waals surface area contributed by atoms with Crippen molar-refractivity contribution in [2.24, 2.45) is 0 Å². The minimum absolute atomic E-state index is 0.365. The topological polar surface area (TPSA) is 44.3 Å². The zero-order valence-electron chi connectivity index (χ0n) is 14.5. The molecule has 0 radical (unpaired) electrons. The van der Waals surface area contributed by atoms with E-state index in [1.807, 2.05) is 43.3 Å². The number of benzene rings is 1. The van der Waals surface area contributed by atoms with E-state index < -0.39 is 0 Å². The lowest BCUT2D eigenvalue weighted by molar-refractivity contribution is 0.208. The van der Waals surface area contributed by atoms with Gasteiger partial charge in [-0.1, -0.05) is 29.3 Å². The first-order valence-electron chi connectivity index (χ1n) is 8.44. The molecular weight excluding hydrogens is 357 g/mol. The molecule has 1 aliphatic heterocycles. The number of nitrogens with one attached hydrogen (secondary N) is 1. The van der Waals surface area contributed by atoms with Crippen LogP contribution in [0.4, 0.5) is 11.8 Å². The van der Waals surface area contributed by atoms with Gasteiger partial charge in [0.1, 0.15) is 5.82 Å². The zero-order valence-corrected chi connectivity index (χ0v) is 16.1. The largest absolute Gasteiger partial charge is 0.366 e. The summed E-state index contributed by atoms with van der Waals surface area (Å²) in [5.41, 5.74) is 1.11. The molecule has 1 aliphatic rings. The Hall–Kier alpha value is -1.56. The predicted octanol–water partition coefficient (Wildman–Crippen LogP) is 3.93. The molecule has 2 heterocycles. The fraction of sp³-hybridized carbons (Fsp3) is 0.444. The maximum atomic E-state index is 6.31. The maximum Gasteiger partial charge on any atom is 0.226 e. The highest BCUT2D eigenvalue weighted by molar-refractivity contribution is 6.35. The second-order valence-corrected chi connectivity index (χ2v) is 7.43. The van der Waals surface area contributed by atoms with Crippen LogP contribution < -0.4 is 10.2 Å². The Morgan fingerprint density at radius 2 is 2.12 bits per heavy atom. The Bertz CT molecular complexity index is 722. The lowest BCUT2D eigenvalue weighted by Crippen LogP contribution is -2.41. The van der Waals surface area contributed by atoms with Crippen molar-refractivity contribution in [3.63, 3.8) is 0 Å². The van der Waals surface area contributed by atoms with Gasteiger partial charge in [-0.05, 0) is 43.1 Å². The highest BCUT2D eigenvalue weighted by Crippen LogP contribution is 2.24. The Morgan fingerprint density at radius 3 is 2.88 bits per heavy atom. The highest BCUT2D eigenvalue weighted by Gasteiger charge is 2.21. The first-order valence-corrected chi connectivity index (χ1v) is 9.20. The molecule has 134 valence electrons. The van der Waals surface area contributed by atoms with E-state index in [-0.39, 0.29) is 0 Å². The van der Waals surface area contributed by atoms with Crippen LogP contribution in [-0.2, 0) is 6.54 Å². The van der Waals surface area contributed by atoms with Crippen molar-refractivity contribution in [2.75, 3.05) is 37.4 Å². The van der Waals surface area contributed by atoms with E-state index in [0.717, 1.165) is 48.9 Å². The summed E-state index contributed by atoms with van der Waals surface area (Å²) in [4.78, 5) is 13.1. The Kier molecular flexibility index (Phi) is 5.99. The number of halogens is 2. The molecule has 1 aromatic carbocycles. The number of hydrogen-bond donors (Lipinski definition) is 1. The minimum Gasteiger partial charge on any atom is -0.366 e. The molecule has 1 fully saturated rings. The van der Waals surface area contributed by atoms with Crippen molar-refractivity contribution in [1.82, 2.24) is 14.9 Å². The van der Waals surface area contributed by atoms with Gasteiger partial charge in [0.25, 0.3) is 0 Å². The van der Waals surface area contributed by atoms with Crippen LogP contribution >= 0.6 is 23.2 Å². The van der Waals surface area contributed by atoms with Crippen LogP contribution in [0.1, 0.15) is 18.4 Å². The van der Waals surface area contributed by atoms with Crippen LogP contribution in [0.3, 0.4) is 0 Å². The van der Waals surface area contributed by atoms with Gasteiger partial charge in [0, 0.05) is 49.5 Å². The molecule has 1 saturated heterocycles. The third-order valence-electron chi connectivity index (χ3n) is 4.31. The molecule has 25 heavy (non-hydrogen) atoms. The number of likely N-dealkylation sites (tertiary alicyclic amines) is 1. The molecule has 1 unspecified atom stereocenters. The van der Waals surface area contributed by atoms with Crippen molar-refractivity contribution in [2.45, 2.75) is 25.4 Å². The number of piperidine rings is 1. The van der Waals surface area contributed by atoms with Crippen LogP contribution in [0.15, 0.2) is 30.5 Å². The molecule has 1 atom stereocenters. The van der Waals surface area contributed by atoms with Gasteiger partial charge in [-0.3, -0.25) is 4.90 Å². The standard InChI is InChI=1S/C18H23Cl2N5/c1-24(2)18-21-8-7-17(23-18)22-15-4-3-9-25(12-15)11-13-5-6-14(19)10-16(13)20/h5-8,10,15H,3-4,9,11-12H2,1-2H3,(H,21,22,23). The molecule has 1 aromatic heterocycles. The first-order chi connectivity index (χ1) is 12.0. The lowest BCUT2D eigenvalue weighted by atomic mass is 10.0. The second kappa shape index (κ2) is 8.21. The zero-order chi connectivity index (χ0) is 17.8. The number of rotatable bonds is 5. The van der Waals surface area contributed by atoms with Crippen LogP contribution in [-0.4, -0.2) is 48.1 Å². The molecule has 5 nitrogen and oxygen atoms in total. The Morgan fingerprint density at radius 1 is 1.28 bits per heavy atom. The van der Waals surface area contributed by atoms with Gasteiger partial charge in [0.2, 0.25) is 5.95 Å². The average Bonchev–Trinajstić information content (AvgIpc) is 2.58. The number of anilines is 2. The maximum absolute atomic E-state index is 6.31. The molecule has 0 saturated carbocycles. The fourth-order valence-electron chi connectivity index (χ4n) is 3.06. The molecule has 7 heteroatoms. The summed E-state index contributed by atoms with van der Waals surface area (Å²) in [6.45, 7) is 2.87. The van der Waals surface area contributed by atoms with Crippen molar-refractivity contribution in [3.8, 4) is 0 Å². The summed E-state index contributed by atoms with van der Waals surface area (Å²) in [7, 11) is 3.88. The number of nitrogens with zero attached hydrogens (tertiary/aromatic N) is 4. The van der Waals surface area contributed by atoms with Gasteiger partial charge in [0.15, 0.2) is 0 Å². The van der Waals surface area contributed by atoms with Gasteiger partial charge in [0.05, 0.1) is 0 Å². The molecule has 2 aromatic rings. The van der Waals surface area contributed by atoms with E-state index in [1.165, 1.54) is 0 Å². The van der Waals surface area contributed by atoms with Gasteiger partial charge in [-0.25, -0.2) is 4.98 Å². The van der Waals surface area contributed by atoms with E-state index in [9.17, 15) is 0 Å². The fourth-order valence-corrected chi connectivity index (χ4v) is 3.53. The van der Waals surface area contributed by atoms with Gasteiger partial charge in [-0.15, -0.1) is 0 Å². The van der Waals surface area contributed by atoms with Gasteiger partial charge < -0.3 is 10.2 Å². The third-order valence-corrected chi connectivity index (χ3v) is 4.90. The third kappa shape index (κ3) is 4.97. The van der Waals surface area contributed by atoms with Crippen LogP contribution in [0.5, 0.6) is 0 Å². The SMILES string of the molecule is CN(C)c1nccc(NC2CCCN(Cc3ccc(Cl)cc3Cl)C2)n1. The Balaban J connectivity index is 1.62. The first kappa shape index (κ1) is 18.2. The average molecular weight is 380 g/mol. The Labute approximate surface area is 159 Å². The number of aromatic nitrogens is 2. The van der Waals surface area contributed by atoms with E-state index >= 15 is 0 Å². The summed E-state index contributed by atoms with van der Waals surface area (Å²) in [5, 5.41) is 4.95. The smallest absolute Gasteiger partial charge is 0.226 e. The van der Waals surface area contributed by atoms with E-state index in [2.05, 4.69) is 20.2 Å². The van der Waals surface area contributed by atoms with Crippen LogP contribution in [0.2, 0.25) is 10.0 Å². The van der Waals surface area contributed by atoms with E-state index in [0.29, 0.717) is 17.0 Å². The van der Waals surface area contributed by atoms with Crippen LogP contribution in [0.25, 0.3) is 0 Å². The monoisotopic (exact) mass is 379 g/mol. The van der Waals surface area contributed by atoms with Crippen molar-refractivity contribution >= 4 is 35.0 Å². The summed E-state index contributed by atoms with van der Waals surface area (Å²) >= 11 is 12.3. The van der Waals surface area contributed by atoms with E-state index in [4.69, 9.17) is 23.2 Å². The summed E-state index contributed by atoms with van der Waals surface area (Å²) in [6.07, 6.45) is 4.07. The van der Waals surface area contributed by atoms with Crippen molar-refractivity contribution < 1.29 is 0 Å². The van der Waals surface area contributed by atoms with Gasteiger partial charge in [-0.2, -0.15) is 4.98 Å². The predicted molar refractivity (Wildman–Crippen MR) is 105 cm³/mol. The summed E-state index contributed by atoms with van der Waals surface area (Å²) in [5.74, 6) is 1.58. The molecule has 0 amide bonds. The minimum atomic E-state index is 0.365. The lowest BCUT2D eigenvalue weighted by Gasteiger charge is -2.33. The highest BCUT2D eigenvalue weighted by atomic mass is 35.5. The molecule has 0 bridgehead atoms. The van der Waals surface area contributed by atoms with Gasteiger partial charge >= 0.3 is 0 Å². The van der Waals surface area contributed by atoms with Crippen LogP contribution in [0, 0.1) is 0 Å². The normalized spacial score (nSPS) is 18.2.